The number of imidazole rings is 1. The molecule has 0 saturated carbocycles. The van der Waals surface area contributed by atoms with Crippen LogP contribution in [0.15, 0.2) is 28.9 Å². The van der Waals surface area contributed by atoms with E-state index in [0.717, 1.165) is 0 Å². The summed E-state index contributed by atoms with van der Waals surface area (Å²) in [5.74, 6) is 0.698. The zero-order valence-electron chi connectivity index (χ0n) is 10.8. The largest absolute Gasteiger partial charge is 0.360 e. The van der Waals surface area contributed by atoms with E-state index < -0.39 is 0 Å². The molecule has 3 rings (SSSR count). The lowest BCUT2D eigenvalue weighted by Gasteiger charge is -2.02. The Balaban J connectivity index is 2.01. The Morgan fingerprint density at radius 3 is 2.90 bits per heavy atom. The van der Waals surface area contributed by atoms with Gasteiger partial charge in [-0.05, 0) is 19.9 Å². The highest BCUT2D eigenvalue weighted by atomic mass is 35.5. The summed E-state index contributed by atoms with van der Waals surface area (Å²) in [6.45, 7) is 3.52. The number of rotatable bonds is 2. The number of anilines is 1. The van der Waals surface area contributed by atoms with E-state index in [1.165, 1.54) is 0 Å². The minimum Gasteiger partial charge on any atom is -0.360 e. The van der Waals surface area contributed by atoms with Gasteiger partial charge in [0.25, 0.3) is 5.91 Å². The van der Waals surface area contributed by atoms with Gasteiger partial charge in [0, 0.05) is 23.4 Å². The first-order valence-corrected chi connectivity index (χ1v) is 6.31. The lowest BCUT2D eigenvalue weighted by atomic mass is 10.3. The van der Waals surface area contributed by atoms with Gasteiger partial charge in [0.15, 0.2) is 5.82 Å². The van der Waals surface area contributed by atoms with Crippen molar-refractivity contribution in [2.45, 2.75) is 13.8 Å². The van der Waals surface area contributed by atoms with Crippen molar-refractivity contribution in [1.29, 1.82) is 0 Å². The summed E-state index contributed by atoms with van der Waals surface area (Å²) >= 11 is 5.92. The molecular weight excluding hydrogens is 280 g/mol. The van der Waals surface area contributed by atoms with Gasteiger partial charge in [-0.1, -0.05) is 16.8 Å². The Bertz CT molecular complexity index is 806. The van der Waals surface area contributed by atoms with E-state index in [1.54, 1.807) is 42.6 Å². The molecule has 0 fully saturated rings. The van der Waals surface area contributed by atoms with Crippen LogP contribution in [0.1, 0.15) is 21.9 Å². The topological polar surface area (TPSA) is 72.4 Å². The molecule has 0 radical (unpaired) electrons. The molecule has 1 N–H and O–H groups in total. The number of carbonyl (C=O) groups excluding carboxylic acids is 1. The maximum absolute atomic E-state index is 12.3. The number of nitrogens with zero attached hydrogens (tertiary/aromatic N) is 3. The highest BCUT2D eigenvalue weighted by Gasteiger charge is 2.17. The van der Waals surface area contributed by atoms with Crippen LogP contribution >= 0.6 is 11.6 Å². The average molecular weight is 291 g/mol. The number of hydrogen-bond donors (Lipinski definition) is 1. The Hall–Kier alpha value is -2.34. The molecule has 6 nitrogen and oxygen atoms in total. The van der Waals surface area contributed by atoms with Crippen LogP contribution in [-0.2, 0) is 0 Å². The van der Waals surface area contributed by atoms with Crippen molar-refractivity contribution in [2.24, 2.45) is 0 Å². The lowest BCUT2D eigenvalue weighted by Crippen LogP contribution is -2.15. The summed E-state index contributed by atoms with van der Waals surface area (Å²) in [5.41, 5.74) is 1.68. The number of amides is 1. The molecule has 3 aromatic rings. The first-order valence-electron chi connectivity index (χ1n) is 5.93. The Kier molecular flexibility index (Phi) is 2.94. The molecule has 20 heavy (non-hydrogen) atoms. The van der Waals surface area contributed by atoms with Gasteiger partial charge in [0.05, 0.1) is 5.69 Å². The molecule has 0 aromatic carbocycles. The van der Waals surface area contributed by atoms with Crippen molar-refractivity contribution < 1.29 is 9.32 Å². The van der Waals surface area contributed by atoms with E-state index in [9.17, 15) is 4.79 Å². The van der Waals surface area contributed by atoms with E-state index in [-0.39, 0.29) is 5.91 Å². The molecule has 0 aliphatic heterocycles. The number of fused-ring (bicyclic) bond motifs is 1. The molecule has 7 heteroatoms. The smallest absolute Gasteiger partial charge is 0.275 e. The summed E-state index contributed by atoms with van der Waals surface area (Å²) in [6.07, 6.45) is 1.71. The van der Waals surface area contributed by atoms with Crippen molar-refractivity contribution in [2.75, 3.05) is 5.32 Å². The minimum atomic E-state index is -0.300. The zero-order valence-corrected chi connectivity index (χ0v) is 11.6. The number of halogens is 1. The highest BCUT2D eigenvalue weighted by molar-refractivity contribution is 6.30. The average Bonchev–Trinajstić information content (AvgIpc) is 2.91. The predicted molar refractivity (Wildman–Crippen MR) is 74.1 cm³/mol. The molecule has 102 valence electrons. The van der Waals surface area contributed by atoms with Crippen LogP contribution in [0, 0.1) is 13.8 Å². The van der Waals surface area contributed by atoms with Crippen LogP contribution in [0.25, 0.3) is 5.65 Å². The van der Waals surface area contributed by atoms with Gasteiger partial charge in [-0.2, -0.15) is 0 Å². The first kappa shape index (κ1) is 12.7. The van der Waals surface area contributed by atoms with Crippen LogP contribution in [0.5, 0.6) is 0 Å². The maximum atomic E-state index is 12.3. The molecule has 0 unspecified atom stereocenters. The van der Waals surface area contributed by atoms with Crippen molar-refractivity contribution in [3.05, 3.63) is 46.6 Å². The van der Waals surface area contributed by atoms with E-state index >= 15 is 0 Å². The van der Waals surface area contributed by atoms with E-state index in [0.29, 0.717) is 33.6 Å². The normalized spacial score (nSPS) is 10.9. The summed E-state index contributed by atoms with van der Waals surface area (Å²) in [7, 11) is 0. The standard InChI is InChI=1S/C13H11ClN4O2/c1-7-5-10(17-20-7)16-13(19)12-8(2)15-11-6-9(14)3-4-18(11)12/h3-6H,1-2H3,(H,16,17,19). The summed E-state index contributed by atoms with van der Waals surface area (Å²) < 4.78 is 6.60. The molecular formula is C13H11ClN4O2. The lowest BCUT2D eigenvalue weighted by molar-refractivity contribution is 0.102. The third kappa shape index (κ3) is 2.14. The second-order valence-corrected chi connectivity index (χ2v) is 4.83. The fourth-order valence-corrected chi connectivity index (χ4v) is 2.17. The van der Waals surface area contributed by atoms with Crippen molar-refractivity contribution in [1.82, 2.24) is 14.5 Å². The molecule has 0 saturated heterocycles. The number of aromatic nitrogens is 3. The zero-order chi connectivity index (χ0) is 14.3. The molecule has 0 aliphatic rings. The third-order valence-corrected chi connectivity index (χ3v) is 3.08. The minimum absolute atomic E-state index is 0.300. The van der Waals surface area contributed by atoms with Gasteiger partial charge in [-0.15, -0.1) is 0 Å². The Morgan fingerprint density at radius 1 is 1.40 bits per heavy atom. The van der Waals surface area contributed by atoms with Crippen molar-refractivity contribution in [3.63, 3.8) is 0 Å². The second kappa shape index (κ2) is 4.64. The quantitative estimate of drug-likeness (QED) is 0.787. The summed E-state index contributed by atoms with van der Waals surface area (Å²) in [5, 5.41) is 6.98. The second-order valence-electron chi connectivity index (χ2n) is 4.40. The molecule has 0 aliphatic carbocycles. The van der Waals surface area contributed by atoms with Gasteiger partial charge in [-0.3, -0.25) is 9.20 Å². The molecule has 3 heterocycles. The molecule has 1 amide bonds. The van der Waals surface area contributed by atoms with E-state index in [2.05, 4.69) is 15.5 Å². The first-order chi connectivity index (χ1) is 9.54. The van der Waals surface area contributed by atoms with Crippen LogP contribution in [0.2, 0.25) is 5.02 Å². The van der Waals surface area contributed by atoms with Gasteiger partial charge in [0.1, 0.15) is 17.1 Å². The number of nitrogens with one attached hydrogen (secondary N) is 1. The van der Waals surface area contributed by atoms with Gasteiger partial charge in [-0.25, -0.2) is 4.98 Å². The Labute approximate surface area is 119 Å². The molecule has 0 bridgehead atoms. The van der Waals surface area contributed by atoms with Crippen molar-refractivity contribution in [3.8, 4) is 0 Å². The van der Waals surface area contributed by atoms with Crippen molar-refractivity contribution >= 4 is 29.0 Å². The number of pyridine rings is 1. The summed E-state index contributed by atoms with van der Waals surface area (Å²) in [6, 6.07) is 5.05. The number of carbonyl (C=O) groups is 1. The molecule has 0 atom stereocenters. The summed E-state index contributed by atoms with van der Waals surface area (Å²) in [4.78, 5) is 16.6. The SMILES string of the molecule is Cc1cc(NC(=O)c2c(C)nc3cc(Cl)ccn23)no1. The Morgan fingerprint density at radius 2 is 2.20 bits per heavy atom. The van der Waals surface area contributed by atoms with Gasteiger partial charge >= 0.3 is 0 Å². The van der Waals surface area contributed by atoms with Crippen LogP contribution in [-0.4, -0.2) is 20.4 Å². The third-order valence-electron chi connectivity index (χ3n) is 2.85. The van der Waals surface area contributed by atoms with Gasteiger partial charge in [0.2, 0.25) is 0 Å². The van der Waals surface area contributed by atoms with Crippen LogP contribution in [0.3, 0.4) is 0 Å². The fraction of sp³-hybridized carbons (Fsp3) is 0.154. The molecule has 3 aromatic heterocycles. The predicted octanol–water partition coefficient (Wildman–Crippen LogP) is 2.84. The van der Waals surface area contributed by atoms with Crippen LogP contribution in [0.4, 0.5) is 5.82 Å². The fourth-order valence-electron chi connectivity index (χ4n) is 2.01. The monoisotopic (exact) mass is 290 g/mol. The maximum Gasteiger partial charge on any atom is 0.275 e. The number of hydrogen-bond acceptors (Lipinski definition) is 4. The number of aryl methyl sites for hydroxylation is 2. The van der Waals surface area contributed by atoms with Gasteiger partial charge < -0.3 is 9.84 Å². The van der Waals surface area contributed by atoms with E-state index in [1.807, 2.05) is 0 Å². The highest BCUT2D eigenvalue weighted by Crippen LogP contribution is 2.18. The van der Waals surface area contributed by atoms with E-state index in [4.69, 9.17) is 16.1 Å². The van der Waals surface area contributed by atoms with Crippen LogP contribution < -0.4 is 5.32 Å². The molecule has 0 spiro atoms.